The highest BCUT2D eigenvalue weighted by Gasteiger charge is 2.23. The highest BCUT2D eigenvalue weighted by Crippen LogP contribution is 2.21. The zero-order valence-electron chi connectivity index (χ0n) is 16.5. The smallest absolute Gasteiger partial charge is 0.263 e. The molecule has 0 fully saturated rings. The number of aromatic nitrogens is 2. The zero-order valence-corrected chi connectivity index (χ0v) is 17.2. The first-order valence-corrected chi connectivity index (χ1v) is 9.56. The fourth-order valence-electron chi connectivity index (χ4n) is 2.74. The molecule has 0 aliphatic heterocycles. The monoisotopic (exact) mass is 415 g/mol. The summed E-state index contributed by atoms with van der Waals surface area (Å²) in [5, 5.41) is 4.55. The van der Waals surface area contributed by atoms with Crippen molar-refractivity contribution in [3.8, 4) is 22.9 Å². The average molecular weight is 416 g/mol. The van der Waals surface area contributed by atoms with Gasteiger partial charge in [0.2, 0.25) is 11.7 Å². The number of carbonyl (C=O) groups excluding carboxylic acids is 1. The Kier molecular flexibility index (Phi) is 6.72. The summed E-state index contributed by atoms with van der Waals surface area (Å²) in [4.78, 5) is 18.8. The first-order chi connectivity index (χ1) is 14.0. The maximum atomic E-state index is 12.8. The Labute approximate surface area is 174 Å². The minimum Gasteiger partial charge on any atom is -0.497 e. The molecule has 152 valence electrons. The van der Waals surface area contributed by atoms with Gasteiger partial charge in [-0.1, -0.05) is 22.8 Å². The second kappa shape index (κ2) is 9.43. The van der Waals surface area contributed by atoms with E-state index < -0.39 is 6.10 Å². The lowest BCUT2D eigenvalue weighted by atomic mass is 10.2. The van der Waals surface area contributed by atoms with Crippen molar-refractivity contribution in [2.24, 2.45) is 0 Å². The van der Waals surface area contributed by atoms with Crippen LogP contribution in [-0.4, -0.2) is 40.7 Å². The van der Waals surface area contributed by atoms with E-state index in [-0.39, 0.29) is 12.5 Å². The summed E-state index contributed by atoms with van der Waals surface area (Å²) in [7, 11) is 1.61. The van der Waals surface area contributed by atoms with E-state index in [1.54, 1.807) is 43.2 Å². The minimum atomic E-state index is -0.683. The lowest BCUT2D eigenvalue weighted by Gasteiger charge is -2.23. The van der Waals surface area contributed by atoms with Crippen molar-refractivity contribution >= 4 is 17.5 Å². The Morgan fingerprint density at radius 3 is 2.62 bits per heavy atom. The van der Waals surface area contributed by atoms with Crippen LogP contribution in [0.3, 0.4) is 0 Å². The van der Waals surface area contributed by atoms with Crippen LogP contribution in [0, 0.1) is 0 Å². The molecule has 0 saturated heterocycles. The highest BCUT2D eigenvalue weighted by molar-refractivity contribution is 6.30. The maximum absolute atomic E-state index is 12.8. The molecule has 0 bridgehead atoms. The summed E-state index contributed by atoms with van der Waals surface area (Å²) < 4.78 is 16.2. The van der Waals surface area contributed by atoms with E-state index in [0.29, 0.717) is 29.0 Å². The number of benzene rings is 2. The quantitative estimate of drug-likeness (QED) is 0.548. The predicted molar refractivity (Wildman–Crippen MR) is 109 cm³/mol. The van der Waals surface area contributed by atoms with Crippen LogP contribution in [0.1, 0.15) is 19.7 Å². The Bertz CT molecular complexity index is 959. The zero-order chi connectivity index (χ0) is 20.8. The molecule has 3 aromatic rings. The van der Waals surface area contributed by atoms with Gasteiger partial charge in [-0.05, 0) is 56.3 Å². The van der Waals surface area contributed by atoms with Crippen LogP contribution in [-0.2, 0) is 11.3 Å². The van der Waals surface area contributed by atoms with Gasteiger partial charge in [-0.15, -0.1) is 0 Å². The molecule has 0 unspecified atom stereocenters. The maximum Gasteiger partial charge on any atom is 0.263 e. The molecule has 3 rings (SSSR count). The number of nitrogens with zero attached hydrogens (tertiary/aromatic N) is 3. The number of hydrogen-bond donors (Lipinski definition) is 0. The molecule has 0 N–H and O–H groups in total. The standard InChI is InChI=1S/C21H22ClN3O4/c1-4-25(21(26)14(2)28-18-7-5-6-16(22)12-18)13-19-23-20(24-29-19)15-8-10-17(27-3)11-9-15/h5-12,14H,4,13H2,1-3H3/t14-/m0/s1. The first kappa shape index (κ1) is 20.7. The van der Waals surface area contributed by atoms with Crippen molar-refractivity contribution < 1.29 is 18.8 Å². The molecular weight excluding hydrogens is 394 g/mol. The van der Waals surface area contributed by atoms with Gasteiger partial charge in [-0.25, -0.2) is 0 Å². The lowest BCUT2D eigenvalue weighted by Crippen LogP contribution is -2.40. The summed E-state index contributed by atoms with van der Waals surface area (Å²) in [5.74, 6) is 1.90. The second-order valence-corrected chi connectivity index (χ2v) is 6.75. The first-order valence-electron chi connectivity index (χ1n) is 9.18. The van der Waals surface area contributed by atoms with Crippen LogP contribution in [0.4, 0.5) is 0 Å². The van der Waals surface area contributed by atoms with Gasteiger partial charge in [0.05, 0.1) is 7.11 Å². The highest BCUT2D eigenvalue weighted by atomic mass is 35.5. The van der Waals surface area contributed by atoms with Gasteiger partial charge in [-0.2, -0.15) is 4.98 Å². The van der Waals surface area contributed by atoms with Crippen LogP contribution < -0.4 is 9.47 Å². The molecule has 1 atom stereocenters. The van der Waals surface area contributed by atoms with Crippen LogP contribution >= 0.6 is 11.6 Å². The van der Waals surface area contributed by atoms with Crippen LogP contribution in [0.15, 0.2) is 53.1 Å². The summed E-state index contributed by atoms with van der Waals surface area (Å²) in [5.41, 5.74) is 0.799. The van der Waals surface area contributed by atoms with Gasteiger partial charge in [0.1, 0.15) is 18.0 Å². The van der Waals surface area contributed by atoms with Gasteiger partial charge in [-0.3, -0.25) is 4.79 Å². The average Bonchev–Trinajstić information content (AvgIpc) is 3.20. The SMILES string of the molecule is CCN(Cc1nc(-c2ccc(OC)cc2)no1)C(=O)[C@H](C)Oc1cccc(Cl)c1. The molecule has 1 heterocycles. The Morgan fingerprint density at radius 1 is 1.21 bits per heavy atom. The molecule has 1 aromatic heterocycles. The van der Waals surface area contributed by atoms with Gasteiger partial charge in [0.15, 0.2) is 6.10 Å². The number of likely N-dealkylation sites (N-methyl/N-ethyl adjacent to an activating group) is 1. The molecule has 2 aromatic carbocycles. The van der Waals surface area contributed by atoms with Crippen molar-refractivity contribution in [2.75, 3.05) is 13.7 Å². The number of carbonyl (C=O) groups is 1. The Balaban J connectivity index is 1.65. The molecule has 7 nitrogen and oxygen atoms in total. The van der Waals surface area contributed by atoms with Crippen molar-refractivity contribution in [1.29, 1.82) is 0 Å². The minimum absolute atomic E-state index is 0.184. The number of ether oxygens (including phenoxy) is 2. The number of rotatable bonds is 8. The third kappa shape index (κ3) is 5.26. The number of methoxy groups -OCH3 is 1. The van der Waals surface area contributed by atoms with E-state index in [2.05, 4.69) is 10.1 Å². The Morgan fingerprint density at radius 2 is 1.97 bits per heavy atom. The number of amides is 1. The fraction of sp³-hybridized carbons (Fsp3) is 0.286. The van der Waals surface area contributed by atoms with Crippen LogP contribution in [0.25, 0.3) is 11.4 Å². The molecule has 1 amide bonds. The Hall–Kier alpha value is -3.06. The van der Waals surface area contributed by atoms with Crippen molar-refractivity contribution in [3.05, 3.63) is 59.4 Å². The molecule has 0 radical (unpaired) electrons. The van der Waals surface area contributed by atoms with Crippen LogP contribution in [0.5, 0.6) is 11.5 Å². The third-order valence-electron chi connectivity index (χ3n) is 4.29. The van der Waals surface area contributed by atoms with E-state index >= 15 is 0 Å². The third-order valence-corrected chi connectivity index (χ3v) is 4.53. The molecule has 0 aliphatic carbocycles. The molecule has 0 spiro atoms. The van der Waals surface area contributed by atoms with E-state index in [1.165, 1.54) is 0 Å². The molecular formula is C21H22ClN3O4. The van der Waals surface area contributed by atoms with E-state index in [4.69, 9.17) is 25.6 Å². The summed E-state index contributed by atoms with van der Waals surface area (Å²) in [6.07, 6.45) is -0.683. The van der Waals surface area contributed by atoms with Crippen molar-refractivity contribution in [1.82, 2.24) is 15.0 Å². The number of hydrogen-bond acceptors (Lipinski definition) is 6. The summed E-state index contributed by atoms with van der Waals surface area (Å²) in [6, 6.07) is 14.3. The lowest BCUT2D eigenvalue weighted by molar-refractivity contribution is -0.138. The van der Waals surface area contributed by atoms with Gasteiger partial charge < -0.3 is 18.9 Å². The van der Waals surface area contributed by atoms with Gasteiger partial charge >= 0.3 is 0 Å². The molecule has 0 aliphatic rings. The van der Waals surface area contributed by atoms with Crippen molar-refractivity contribution in [2.45, 2.75) is 26.5 Å². The van der Waals surface area contributed by atoms with E-state index in [9.17, 15) is 4.79 Å². The fourth-order valence-corrected chi connectivity index (χ4v) is 2.92. The normalized spacial score (nSPS) is 11.7. The summed E-state index contributed by atoms with van der Waals surface area (Å²) >= 11 is 5.96. The van der Waals surface area contributed by atoms with Gasteiger partial charge in [0, 0.05) is 17.1 Å². The molecule has 29 heavy (non-hydrogen) atoms. The van der Waals surface area contributed by atoms with Crippen molar-refractivity contribution in [3.63, 3.8) is 0 Å². The summed E-state index contributed by atoms with van der Waals surface area (Å²) in [6.45, 7) is 4.25. The molecule has 8 heteroatoms. The molecule has 0 saturated carbocycles. The van der Waals surface area contributed by atoms with E-state index in [0.717, 1.165) is 11.3 Å². The topological polar surface area (TPSA) is 77.7 Å². The van der Waals surface area contributed by atoms with E-state index in [1.807, 2.05) is 31.2 Å². The van der Waals surface area contributed by atoms with Gasteiger partial charge in [0.25, 0.3) is 5.91 Å². The largest absolute Gasteiger partial charge is 0.497 e. The second-order valence-electron chi connectivity index (χ2n) is 6.31. The predicted octanol–water partition coefficient (Wildman–Crippen LogP) is 4.21. The number of halogens is 1. The van der Waals surface area contributed by atoms with Crippen LogP contribution in [0.2, 0.25) is 5.02 Å².